The second-order valence-corrected chi connectivity index (χ2v) is 8.60. The van der Waals surface area contributed by atoms with Gasteiger partial charge < -0.3 is 9.88 Å². The molecule has 0 radical (unpaired) electrons. The van der Waals surface area contributed by atoms with E-state index in [4.69, 9.17) is 0 Å². The highest BCUT2D eigenvalue weighted by Crippen LogP contribution is 2.30. The number of amides is 1. The molecule has 0 spiro atoms. The van der Waals surface area contributed by atoms with E-state index in [1.54, 1.807) is 24.4 Å². The first-order valence-corrected chi connectivity index (χ1v) is 11.5. The predicted octanol–water partition coefficient (Wildman–Crippen LogP) is 5.76. The first kappa shape index (κ1) is 20.5. The SMILES string of the molecule is O=C(Nc1cc(-c2nnc3n2CCCCC3)ccc1F)c1cc2ccccc2c2cccnc12. The predicted molar refractivity (Wildman–Crippen MR) is 130 cm³/mol. The number of anilines is 1. The van der Waals surface area contributed by atoms with Crippen LogP contribution >= 0.6 is 0 Å². The van der Waals surface area contributed by atoms with Gasteiger partial charge in [-0.05, 0) is 53.9 Å². The van der Waals surface area contributed by atoms with Crippen LogP contribution in [0, 0.1) is 5.82 Å². The summed E-state index contributed by atoms with van der Waals surface area (Å²) < 4.78 is 16.9. The molecule has 168 valence electrons. The number of nitrogens with zero attached hydrogens (tertiary/aromatic N) is 4. The van der Waals surface area contributed by atoms with E-state index in [-0.39, 0.29) is 5.69 Å². The van der Waals surface area contributed by atoms with Gasteiger partial charge in [0.1, 0.15) is 11.6 Å². The van der Waals surface area contributed by atoms with Gasteiger partial charge in [0.05, 0.1) is 16.8 Å². The Bertz CT molecular complexity index is 1560. The zero-order chi connectivity index (χ0) is 23.1. The molecule has 1 amide bonds. The van der Waals surface area contributed by atoms with E-state index in [1.807, 2.05) is 36.4 Å². The van der Waals surface area contributed by atoms with Crippen LogP contribution in [0.25, 0.3) is 33.1 Å². The molecule has 0 bridgehead atoms. The topological polar surface area (TPSA) is 72.7 Å². The zero-order valence-electron chi connectivity index (χ0n) is 18.5. The summed E-state index contributed by atoms with van der Waals surface area (Å²) in [6.07, 6.45) is 5.86. The van der Waals surface area contributed by atoms with Gasteiger partial charge in [-0.25, -0.2) is 4.39 Å². The Morgan fingerprint density at radius 3 is 2.76 bits per heavy atom. The first-order chi connectivity index (χ1) is 16.7. The van der Waals surface area contributed by atoms with Crippen molar-refractivity contribution in [3.8, 4) is 11.4 Å². The third-order valence-electron chi connectivity index (χ3n) is 6.44. The third-order valence-corrected chi connectivity index (χ3v) is 6.44. The minimum Gasteiger partial charge on any atom is -0.319 e. The van der Waals surface area contributed by atoms with Gasteiger partial charge in [0.2, 0.25) is 0 Å². The monoisotopic (exact) mass is 451 g/mol. The molecule has 6 rings (SSSR count). The fourth-order valence-corrected chi connectivity index (χ4v) is 4.75. The highest BCUT2D eigenvalue weighted by atomic mass is 19.1. The molecule has 3 heterocycles. The molecule has 0 fully saturated rings. The Kier molecular flexibility index (Phi) is 5.02. The van der Waals surface area contributed by atoms with Crippen LogP contribution in [0.3, 0.4) is 0 Å². The summed E-state index contributed by atoms with van der Waals surface area (Å²) in [6.45, 7) is 0.839. The van der Waals surface area contributed by atoms with Crippen molar-refractivity contribution in [1.82, 2.24) is 19.7 Å². The molecule has 1 aliphatic rings. The van der Waals surface area contributed by atoms with Crippen molar-refractivity contribution >= 4 is 33.3 Å². The second-order valence-electron chi connectivity index (χ2n) is 8.60. The van der Waals surface area contributed by atoms with Gasteiger partial charge in [0, 0.05) is 30.1 Å². The summed E-state index contributed by atoms with van der Waals surface area (Å²) in [7, 11) is 0. The van der Waals surface area contributed by atoms with E-state index in [0.29, 0.717) is 16.9 Å². The Balaban J connectivity index is 1.39. The Morgan fingerprint density at radius 2 is 1.82 bits per heavy atom. The first-order valence-electron chi connectivity index (χ1n) is 11.5. The van der Waals surface area contributed by atoms with Gasteiger partial charge in [-0.1, -0.05) is 36.8 Å². The van der Waals surface area contributed by atoms with E-state index >= 15 is 0 Å². The number of nitrogens with one attached hydrogen (secondary N) is 1. The minimum atomic E-state index is -0.509. The van der Waals surface area contributed by atoms with E-state index in [2.05, 4.69) is 25.1 Å². The number of pyridine rings is 1. The van der Waals surface area contributed by atoms with Crippen LogP contribution in [0.4, 0.5) is 10.1 Å². The van der Waals surface area contributed by atoms with Gasteiger partial charge in [-0.15, -0.1) is 10.2 Å². The van der Waals surface area contributed by atoms with Crippen LogP contribution in [-0.4, -0.2) is 25.7 Å². The Labute approximate surface area is 195 Å². The lowest BCUT2D eigenvalue weighted by Gasteiger charge is -2.12. The van der Waals surface area contributed by atoms with Crippen molar-refractivity contribution in [2.45, 2.75) is 32.2 Å². The van der Waals surface area contributed by atoms with Crippen LogP contribution in [0.15, 0.2) is 66.9 Å². The second kappa shape index (κ2) is 8.33. The smallest absolute Gasteiger partial charge is 0.257 e. The van der Waals surface area contributed by atoms with Gasteiger partial charge in [-0.2, -0.15) is 0 Å². The summed E-state index contributed by atoms with van der Waals surface area (Å²) in [6, 6.07) is 18.1. The lowest BCUT2D eigenvalue weighted by atomic mass is 10.0. The van der Waals surface area contributed by atoms with E-state index < -0.39 is 11.7 Å². The lowest BCUT2D eigenvalue weighted by molar-refractivity contribution is 0.102. The van der Waals surface area contributed by atoms with E-state index in [9.17, 15) is 9.18 Å². The number of rotatable bonds is 3. The number of aryl methyl sites for hydroxylation is 1. The maximum absolute atomic E-state index is 14.8. The van der Waals surface area contributed by atoms with Gasteiger partial charge in [-0.3, -0.25) is 9.78 Å². The van der Waals surface area contributed by atoms with Crippen LogP contribution in [0.1, 0.15) is 35.4 Å². The fourth-order valence-electron chi connectivity index (χ4n) is 4.75. The third kappa shape index (κ3) is 3.50. The minimum absolute atomic E-state index is 0.103. The average Bonchev–Trinajstić information content (AvgIpc) is 3.12. The summed E-state index contributed by atoms with van der Waals surface area (Å²) in [4.78, 5) is 17.8. The van der Waals surface area contributed by atoms with Crippen LogP contribution in [0.5, 0.6) is 0 Å². The van der Waals surface area contributed by atoms with Crippen molar-refractivity contribution < 1.29 is 9.18 Å². The highest BCUT2D eigenvalue weighted by molar-refractivity contribution is 6.18. The van der Waals surface area contributed by atoms with Crippen molar-refractivity contribution in [3.05, 3.63) is 84.1 Å². The van der Waals surface area contributed by atoms with Gasteiger partial charge in [0.25, 0.3) is 5.91 Å². The Hall–Kier alpha value is -4.13. The van der Waals surface area contributed by atoms with Gasteiger partial charge >= 0.3 is 0 Å². The molecule has 34 heavy (non-hydrogen) atoms. The number of carbonyl (C=O) groups excluding carboxylic acids is 1. The average molecular weight is 452 g/mol. The zero-order valence-corrected chi connectivity index (χ0v) is 18.5. The molecule has 1 N–H and O–H groups in total. The van der Waals surface area contributed by atoms with E-state index in [0.717, 1.165) is 59.8 Å². The Morgan fingerprint density at radius 1 is 0.941 bits per heavy atom. The van der Waals surface area contributed by atoms with Crippen LogP contribution in [-0.2, 0) is 13.0 Å². The molecular formula is C27H22FN5O. The number of aromatic nitrogens is 4. The quantitative estimate of drug-likeness (QED) is 0.354. The largest absolute Gasteiger partial charge is 0.319 e. The van der Waals surface area contributed by atoms with E-state index in [1.165, 1.54) is 6.07 Å². The summed E-state index contributed by atoms with van der Waals surface area (Å²) in [5.74, 6) is 0.734. The van der Waals surface area contributed by atoms with Crippen LogP contribution < -0.4 is 5.32 Å². The molecule has 2 aromatic heterocycles. The van der Waals surface area contributed by atoms with Crippen molar-refractivity contribution in [1.29, 1.82) is 0 Å². The van der Waals surface area contributed by atoms with Crippen molar-refractivity contribution in [3.63, 3.8) is 0 Å². The number of hydrogen-bond acceptors (Lipinski definition) is 4. The molecule has 1 aliphatic heterocycles. The van der Waals surface area contributed by atoms with Crippen molar-refractivity contribution in [2.24, 2.45) is 0 Å². The number of fused-ring (bicyclic) bond motifs is 4. The number of benzene rings is 3. The molecule has 0 unspecified atom stereocenters. The van der Waals surface area contributed by atoms with Crippen molar-refractivity contribution in [2.75, 3.05) is 5.32 Å². The molecule has 0 atom stereocenters. The molecule has 0 saturated heterocycles. The number of hydrogen-bond donors (Lipinski definition) is 1. The molecule has 3 aromatic carbocycles. The molecule has 0 saturated carbocycles. The summed E-state index contributed by atoms with van der Waals surface area (Å²) >= 11 is 0. The number of carbonyl (C=O) groups is 1. The molecule has 6 nitrogen and oxygen atoms in total. The summed E-state index contributed by atoms with van der Waals surface area (Å²) in [5, 5.41) is 14.3. The standard InChI is InChI=1S/C27H22FN5O/c28-22-12-11-18(26-32-31-24-10-2-1-5-14-33(24)26)16-23(22)30-27(34)21-15-17-7-3-4-8-19(17)20-9-6-13-29-25(20)21/h3-4,6-9,11-13,15-16H,1-2,5,10,14H2,(H,30,34). The molecular weight excluding hydrogens is 429 g/mol. The maximum Gasteiger partial charge on any atom is 0.257 e. The fraction of sp³-hybridized carbons (Fsp3) is 0.185. The van der Waals surface area contributed by atoms with Crippen LogP contribution in [0.2, 0.25) is 0 Å². The van der Waals surface area contributed by atoms with Gasteiger partial charge in [0.15, 0.2) is 5.82 Å². The normalized spacial score (nSPS) is 13.6. The molecule has 7 heteroatoms. The molecule has 5 aromatic rings. The summed E-state index contributed by atoms with van der Waals surface area (Å²) in [5.41, 5.74) is 1.80. The maximum atomic E-state index is 14.8. The lowest BCUT2D eigenvalue weighted by Crippen LogP contribution is -2.14. The highest BCUT2D eigenvalue weighted by Gasteiger charge is 2.19. The number of halogens is 1. The molecule has 0 aliphatic carbocycles.